The summed E-state index contributed by atoms with van der Waals surface area (Å²) in [6, 6.07) is 21.0. The van der Waals surface area contributed by atoms with Gasteiger partial charge in [0.1, 0.15) is 6.54 Å². The lowest BCUT2D eigenvalue weighted by Crippen LogP contribution is -2.38. The molecule has 0 saturated carbocycles. The van der Waals surface area contributed by atoms with Gasteiger partial charge in [0.25, 0.3) is 10.0 Å². The predicted octanol–water partition coefficient (Wildman–Crippen LogP) is 4.45. The zero-order valence-corrected chi connectivity index (χ0v) is 17.5. The molecule has 0 spiro atoms. The van der Waals surface area contributed by atoms with Gasteiger partial charge in [-0.05, 0) is 61.7 Å². The van der Waals surface area contributed by atoms with Crippen LogP contribution in [0.15, 0.2) is 77.7 Å². The Balaban J connectivity index is 1.97. The van der Waals surface area contributed by atoms with E-state index in [1.54, 1.807) is 30.3 Å². The van der Waals surface area contributed by atoms with Crippen LogP contribution in [-0.2, 0) is 14.8 Å². The van der Waals surface area contributed by atoms with Crippen molar-refractivity contribution in [2.45, 2.75) is 25.7 Å². The second kappa shape index (κ2) is 8.49. The average molecular weight is 409 g/mol. The van der Waals surface area contributed by atoms with Crippen LogP contribution >= 0.6 is 0 Å². The van der Waals surface area contributed by atoms with E-state index in [2.05, 4.69) is 5.32 Å². The van der Waals surface area contributed by atoms with Crippen molar-refractivity contribution in [2.24, 2.45) is 0 Å². The topological polar surface area (TPSA) is 66.5 Å². The van der Waals surface area contributed by atoms with E-state index < -0.39 is 15.9 Å². The Labute approximate surface area is 172 Å². The van der Waals surface area contributed by atoms with Gasteiger partial charge in [-0.2, -0.15) is 0 Å². The largest absolute Gasteiger partial charge is 0.324 e. The molecule has 29 heavy (non-hydrogen) atoms. The molecule has 0 aliphatic rings. The van der Waals surface area contributed by atoms with Crippen LogP contribution in [0, 0.1) is 20.8 Å². The molecule has 0 saturated heterocycles. The van der Waals surface area contributed by atoms with E-state index in [-0.39, 0.29) is 11.4 Å². The fourth-order valence-electron chi connectivity index (χ4n) is 3.05. The number of carbonyl (C=O) groups excluding carboxylic acids is 1. The van der Waals surface area contributed by atoms with Crippen LogP contribution in [0.5, 0.6) is 0 Å². The van der Waals surface area contributed by atoms with E-state index >= 15 is 0 Å². The standard InChI is InChI=1S/C23H24N2O3S/c1-17-13-14-18(2)21(15-17)24-23(26)16-25(22-12-8-7-9-19(22)3)29(27,28)20-10-5-4-6-11-20/h4-15H,16H2,1-3H3,(H,24,26). The quantitative estimate of drug-likeness (QED) is 0.655. The number of sulfonamides is 1. The third kappa shape index (κ3) is 4.66. The summed E-state index contributed by atoms with van der Waals surface area (Å²) in [6.45, 7) is 5.34. The summed E-state index contributed by atoms with van der Waals surface area (Å²) < 4.78 is 27.8. The van der Waals surface area contributed by atoms with Crippen molar-refractivity contribution in [2.75, 3.05) is 16.2 Å². The minimum absolute atomic E-state index is 0.141. The first kappa shape index (κ1) is 20.6. The Morgan fingerprint density at radius 3 is 2.21 bits per heavy atom. The highest BCUT2D eigenvalue weighted by atomic mass is 32.2. The van der Waals surface area contributed by atoms with Crippen LogP contribution in [0.1, 0.15) is 16.7 Å². The molecule has 3 aromatic carbocycles. The summed E-state index contributed by atoms with van der Waals surface area (Å²) >= 11 is 0. The maximum atomic E-state index is 13.3. The van der Waals surface area contributed by atoms with Crippen molar-refractivity contribution in [3.63, 3.8) is 0 Å². The van der Waals surface area contributed by atoms with E-state index in [1.165, 1.54) is 12.1 Å². The molecule has 150 valence electrons. The number of amides is 1. The lowest BCUT2D eigenvalue weighted by molar-refractivity contribution is -0.114. The lowest BCUT2D eigenvalue weighted by Gasteiger charge is -2.25. The molecule has 0 atom stereocenters. The highest BCUT2D eigenvalue weighted by Gasteiger charge is 2.28. The summed E-state index contributed by atoms with van der Waals surface area (Å²) in [6.07, 6.45) is 0. The minimum Gasteiger partial charge on any atom is -0.324 e. The zero-order valence-electron chi connectivity index (χ0n) is 16.7. The number of carbonyl (C=O) groups is 1. The van der Waals surface area contributed by atoms with Crippen LogP contribution in [0.4, 0.5) is 11.4 Å². The summed E-state index contributed by atoms with van der Waals surface area (Å²) in [7, 11) is -3.91. The summed E-state index contributed by atoms with van der Waals surface area (Å²) in [5, 5.41) is 2.85. The van der Waals surface area contributed by atoms with Gasteiger partial charge in [-0.15, -0.1) is 0 Å². The molecular weight excluding hydrogens is 384 g/mol. The summed E-state index contributed by atoms with van der Waals surface area (Å²) in [4.78, 5) is 13.0. The third-order valence-corrected chi connectivity index (χ3v) is 6.44. The van der Waals surface area contributed by atoms with Gasteiger partial charge >= 0.3 is 0 Å². The second-order valence-corrected chi connectivity index (χ2v) is 8.84. The number of benzene rings is 3. The molecule has 1 amide bonds. The lowest BCUT2D eigenvalue weighted by atomic mass is 10.1. The van der Waals surface area contributed by atoms with E-state index in [4.69, 9.17) is 0 Å². The molecule has 3 rings (SSSR count). The first-order valence-corrected chi connectivity index (χ1v) is 10.7. The van der Waals surface area contributed by atoms with Gasteiger partial charge in [-0.1, -0.05) is 48.5 Å². The molecular formula is C23H24N2O3S. The molecule has 3 aromatic rings. The van der Waals surface area contributed by atoms with Gasteiger partial charge in [0.2, 0.25) is 5.91 Å². The van der Waals surface area contributed by atoms with Crippen LogP contribution in [-0.4, -0.2) is 20.9 Å². The van der Waals surface area contributed by atoms with Gasteiger partial charge in [0, 0.05) is 5.69 Å². The number of para-hydroxylation sites is 1. The normalized spacial score (nSPS) is 11.1. The third-order valence-electron chi connectivity index (χ3n) is 4.67. The Hall–Kier alpha value is -3.12. The Kier molecular flexibility index (Phi) is 6.03. The Morgan fingerprint density at radius 1 is 0.862 bits per heavy atom. The Morgan fingerprint density at radius 2 is 1.52 bits per heavy atom. The molecule has 0 bridgehead atoms. The number of rotatable bonds is 6. The molecule has 6 heteroatoms. The smallest absolute Gasteiger partial charge is 0.264 e. The van der Waals surface area contributed by atoms with Crippen LogP contribution in [0.2, 0.25) is 0 Å². The fraction of sp³-hybridized carbons (Fsp3) is 0.174. The summed E-state index contributed by atoms with van der Waals surface area (Å²) in [5.74, 6) is -0.401. The molecule has 0 unspecified atom stereocenters. The van der Waals surface area contributed by atoms with Crippen molar-refractivity contribution < 1.29 is 13.2 Å². The predicted molar refractivity (Wildman–Crippen MR) is 117 cm³/mol. The van der Waals surface area contributed by atoms with E-state index in [0.29, 0.717) is 11.4 Å². The van der Waals surface area contributed by atoms with Crippen LogP contribution < -0.4 is 9.62 Å². The molecule has 0 heterocycles. The number of hydrogen-bond donors (Lipinski definition) is 1. The summed E-state index contributed by atoms with van der Waals surface area (Å²) in [5.41, 5.74) is 3.85. The molecule has 0 aliphatic carbocycles. The first-order valence-electron chi connectivity index (χ1n) is 9.29. The van der Waals surface area contributed by atoms with Gasteiger partial charge < -0.3 is 5.32 Å². The van der Waals surface area contributed by atoms with E-state index in [0.717, 1.165) is 21.0 Å². The molecule has 0 radical (unpaired) electrons. The van der Waals surface area contributed by atoms with Gasteiger partial charge in [0.05, 0.1) is 10.6 Å². The molecule has 0 fully saturated rings. The number of hydrogen-bond acceptors (Lipinski definition) is 3. The number of aryl methyl sites for hydroxylation is 3. The van der Waals surface area contributed by atoms with Gasteiger partial charge in [-0.3, -0.25) is 9.10 Å². The van der Waals surface area contributed by atoms with Gasteiger partial charge in [-0.25, -0.2) is 8.42 Å². The maximum absolute atomic E-state index is 13.3. The fourth-order valence-corrected chi connectivity index (χ4v) is 4.56. The average Bonchev–Trinajstić information content (AvgIpc) is 2.70. The van der Waals surface area contributed by atoms with Crippen LogP contribution in [0.3, 0.4) is 0 Å². The first-order chi connectivity index (χ1) is 13.8. The monoisotopic (exact) mass is 408 g/mol. The van der Waals surface area contributed by atoms with Crippen molar-refractivity contribution >= 4 is 27.3 Å². The number of nitrogens with zero attached hydrogens (tertiary/aromatic N) is 1. The van der Waals surface area contributed by atoms with Crippen LogP contribution in [0.25, 0.3) is 0 Å². The van der Waals surface area contributed by atoms with Crippen molar-refractivity contribution in [3.05, 3.63) is 89.5 Å². The number of nitrogens with one attached hydrogen (secondary N) is 1. The molecule has 1 N–H and O–H groups in total. The van der Waals surface area contributed by atoms with Crippen molar-refractivity contribution in [1.29, 1.82) is 0 Å². The number of anilines is 2. The molecule has 0 aromatic heterocycles. The maximum Gasteiger partial charge on any atom is 0.264 e. The van der Waals surface area contributed by atoms with Crippen molar-refractivity contribution in [3.8, 4) is 0 Å². The SMILES string of the molecule is Cc1ccc(C)c(NC(=O)CN(c2ccccc2C)S(=O)(=O)c2ccccc2)c1. The molecule has 0 aliphatic heterocycles. The minimum atomic E-state index is -3.91. The molecule has 5 nitrogen and oxygen atoms in total. The zero-order chi connectivity index (χ0) is 21.0. The van der Waals surface area contributed by atoms with Gasteiger partial charge in [0.15, 0.2) is 0 Å². The highest BCUT2D eigenvalue weighted by molar-refractivity contribution is 7.92. The highest BCUT2D eigenvalue weighted by Crippen LogP contribution is 2.27. The second-order valence-electron chi connectivity index (χ2n) is 6.98. The van der Waals surface area contributed by atoms with E-state index in [9.17, 15) is 13.2 Å². The van der Waals surface area contributed by atoms with E-state index in [1.807, 2.05) is 51.1 Å². The Bertz CT molecular complexity index is 1130. The van der Waals surface area contributed by atoms with Crippen molar-refractivity contribution in [1.82, 2.24) is 0 Å².